The lowest BCUT2D eigenvalue weighted by Gasteiger charge is -2.12. The maximum absolute atomic E-state index is 11.8. The summed E-state index contributed by atoms with van der Waals surface area (Å²) in [5, 5.41) is 11.6. The Morgan fingerprint density at radius 2 is 2.32 bits per heavy atom. The van der Waals surface area contributed by atoms with Crippen molar-refractivity contribution in [2.24, 2.45) is 0 Å². The van der Waals surface area contributed by atoms with Gasteiger partial charge < -0.3 is 15.2 Å². The molecule has 0 bridgehead atoms. The molecule has 0 saturated carbocycles. The molecule has 0 aromatic carbocycles. The van der Waals surface area contributed by atoms with E-state index in [2.05, 4.69) is 10.3 Å². The number of nitrogens with one attached hydrogen (secondary N) is 1. The fourth-order valence-electron chi connectivity index (χ4n) is 1.89. The molecule has 0 radical (unpaired) electrons. The molecule has 7 heteroatoms. The van der Waals surface area contributed by atoms with Gasteiger partial charge in [0.2, 0.25) is 0 Å². The molecule has 1 fully saturated rings. The summed E-state index contributed by atoms with van der Waals surface area (Å²) in [6.45, 7) is 0.258. The predicted octanol–water partition coefficient (Wildman–Crippen LogP) is 1.10. The highest BCUT2D eigenvalue weighted by Crippen LogP contribution is 2.19. The summed E-state index contributed by atoms with van der Waals surface area (Å²) in [4.78, 5) is 26.4. The number of aliphatic carboxylic acids is 1. The van der Waals surface area contributed by atoms with Crippen LogP contribution in [-0.4, -0.2) is 40.7 Å². The summed E-state index contributed by atoms with van der Waals surface area (Å²) in [6.07, 6.45) is 1.52. The number of pyridine rings is 1. The van der Waals surface area contributed by atoms with Crippen LogP contribution in [0.15, 0.2) is 18.3 Å². The molecule has 102 valence electrons. The van der Waals surface area contributed by atoms with Gasteiger partial charge in [0.05, 0.1) is 11.7 Å². The SMILES string of the molecule is O=C(NCC1CCC(C(=O)O)O1)c1cccnc1Cl. The molecule has 6 nitrogen and oxygen atoms in total. The van der Waals surface area contributed by atoms with E-state index < -0.39 is 12.1 Å². The van der Waals surface area contributed by atoms with Gasteiger partial charge >= 0.3 is 5.97 Å². The first-order chi connectivity index (χ1) is 9.08. The number of nitrogens with zero attached hydrogens (tertiary/aromatic N) is 1. The zero-order valence-electron chi connectivity index (χ0n) is 10.0. The molecule has 2 atom stereocenters. The minimum absolute atomic E-state index is 0.135. The highest BCUT2D eigenvalue weighted by atomic mass is 35.5. The zero-order valence-corrected chi connectivity index (χ0v) is 10.8. The molecule has 2 N–H and O–H groups in total. The average Bonchev–Trinajstić information content (AvgIpc) is 2.85. The van der Waals surface area contributed by atoms with Gasteiger partial charge in [-0.1, -0.05) is 11.6 Å². The summed E-state index contributed by atoms with van der Waals surface area (Å²) >= 11 is 5.80. The van der Waals surface area contributed by atoms with Gasteiger partial charge in [-0.3, -0.25) is 4.79 Å². The number of hydrogen-bond donors (Lipinski definition) is 2. The largest absolute Gasteiger partial charge is 0.479 e. The van der Waals surface area contributed by atoms with Crippen LogP contribution in [0.1, 0.15) is 23.2 Å². The van der Waals surface area contributed by atoms with Crippen molar-refractivity contribution < 1.29 is 19.4 Å². The molecule has 2 rings (SSSR count). The Morgan fingerprint density at radius 1 is 1.53 bits per heavy atom. The van der Waals surface area contributed by atoms with Crippen LogP contribution in [0.2, 0.25) is 5.15 Å². The number of amides is 1. The van der Waals surface area contributed by atoms with Crippen molar-refractivity contribution in [2.45, 2.75) is 25.0 Å². The summed E-state index contributed by atoms with van der Waals surface area (Å²) in [6, 6.07) is 3.19. The lowest BCUT2D eigenvalue weighted by molar-refractivity contribution is -0.149. The minimum Gasteiger partial charge on any atom is -0.479 e. The van der Waals surface area contributed by atoms with E-state index in [1.165, 1.54) is 6.20 Å². The van der Waals surface area contributed by atoms with Crippen LogP contribution < -0.4 is 5.32 Å². The molecule has 0 aliphatic carbocycles. The highest BCUT2D eigenvalue weighted by molar-refractivity contribution is 6.32. The third-order valence-electron chi connectivity index (χ3n) is 2.88. The Balaban J connectivity index is 1.85. The number of ether oxygens (including phenoxy) is 1. The molecular weight excluding hydrogens is 272 g/mol. The molecule has 0 spiro atoms. The normalized spacial score (nSPS) is 22.2. The third kappa shape index (κ3) is 3.42. The van der Waals surface area contributed by atoms with Gasteiger partial charge in [0.25, 0.3) is 5.91 Å². The molecule has 2 heterocycles. The highest BCUT2D eigenvalue weighted by Gasteiger charge is 2.30. The fraction of sp³-hybridized carbons (Fsp3) is 0.417. The minimum atomic E-state index is -0.968. The van der Waals surface area contributed by atoms with E-state index in [-0.39, 0.29) is 29.3 Å². The summed E-state index contributed by atoms with van der Waals surface area (Å²) in [5.41, 5.74) is 0.289. The predicted molar refractivity (Wildman–Crippen MR) is 67.1 cm³/mol. The second-order valence-corrected chi connectivity index (χ2v) is 4.57. The van der Waals surface area contributed by atoms with E-state index in [1.807, 2.05) is 0 Å². The van der Waals surface area contributed by atoms with Crippen molar-refractivity contribution in [3.05, 3.63) is 29.0 Å². The van der Waals surface area contributed by atoms with E-state index in [0.29, 0.717) is 12.8 Å². The van der Waals surface area contributed by atoms with Gasteiger partial charge in [0, 0.05) is 12.7 Å². The molecule has 1 amide bonds. The smallest absolute Gasteiger partial charge is 0.332 e. The quantitative estimate of drug-likeness (QED) is 0.808. The van der Waals surface area contributed by atoms with Crippen LogP contribution in [0.5, 0.6) is 0 Å². The van der Waals surface area contributed by atoms with Crippen LogP contribution >= 0.6 is 11.6 Å². The van der Waals surface area contributed by atoms with Gasteiger partial charge in [-0.2, -0.15) is 0 Å². The standard InChI is InChI=1S/C12H13ClN2O4/c13-10-8(2-1-5-14-10)11(16)15-6-7-3-4-9(19-7)12(17)18/h1-2,5,7,9H,3-4,6H2,(H,15,16)(H,17,18). The maximum Gasteiger partial charge on any atom is 0.332 e. The molecule has 1 aromatic rings. The van der Waals surface area contributed by atoms with Crippen molar-refractivity contribution in [2.75, 3.05) is 6.54 Å². The fourth-order valence-corrected chi connectivity index (χ4v) is 2.10. The second kappa shape index (κ2) is 5.99. The maximum atomic E-state index is 11.8. The van der Waals surface area contributed by atoms with E-state index in [9.17, 15) is 9.59 Å². The third-order valence-corrected chi connectivity index (χ3v) is 3.18. The number of carboxylic acid groups (broad SMARTS) is 1. The number of halogens is 1. The number of carbonyl (C=O) groups excluding carboxylic acids is 1. The molecule has 1 aromatic heterocycles. The Bertz CT molecular complexity index is 494. The van der Waals surface area contributed by atoms with Crippen molar-refractivity contribution in [1.29, 1.82) is 0 Å². The van der Waals surface area contributed by atoms with Crippen molar-refractivity contribution in [3.8, 4) is 0 Å². The number of carbonyl (C=O) groups is 2. The van der Waals surface area contributed by atoms with Crippen LogP contribution in [-0.2, 0) is 9.53 Å². The van der Waals surface area contributed by atoms with Gasteiger partial charge in [0.15, 0.2) is 6.10 Å². The summed E-state index contributed by atoms with van der Waals surface area (Å²) in [5.74, 6) is -1.32. The van der Waals surface area contributed by atoms with Crippen LogP contribution in [0.3, 0.4) is 0 Å². The lowest BCUT2D eigenvalue weighted by atomic mass is 10.2. The van der Waals surface area contributed by atoms with Crippen molar-refractivity contribution >= 4 is 23.5 Å². The molecule has 1 aliphatic rings. The monoisotopic (exact) mass is 284 g/mol. The number of carboxylic acids is 1. The molecule has 2 unspecified atom stereocenters. The first-order valence-electron chi connectivity index (χ1n) is 5.85. The molecule has 1 aliphatic heterocycles. The average molecular weight is 285 g/mol. The number of rotatable bonds is 4. The summed E-state index contributed by atoms with van der Waals surface area (Å²) in [7, 11) is 0. The van der Waals surface area contributed by atoms with Gasteiger partial charge in [0.1, 0.15) is 5.15 Å². The van der Waals surface area contributed by atoms with Gasteiger partial charge in [-0.15, -0.1) is 0 Å². The topological polar surface area (TPSA) is 88.5 Å². The van der Waals surface area contributed by atoms with Crippen LogP contribution in [0, 0.1) is 0 Å². The van der Waals surface area contributed by atoms with Crippen molar-refractivity contribution in [3.63, 3.8) is 0 Å². The first kappa shape index (κ1) is 13.8. The van der Waals surface area contributed by atoms with Crippen LogP contribution in [0.25, 0.3) is 0 Å². The van der Waals surface area contributed by atoms with E-state index >= 15 is 0 Å². The van der Waals surface area contributed by atoms with E-state index in [0.717, 1.165) is 0 Å². The zero-order chi connectivity index (χ0) is 13.8. The Labute approximate surface area is 114 Å². The van der Waals surface area contributed by atoms with E-state index in [4.69, 9.17) is 21.4 Å². The lowest BCUT2D eigenvalue weighted by Crippen LogP contribution is -2.33. The van der Waals surface area contributed by atoms with E-state index in [1.54, 1.807) is 12.1 Å². The Morgan fingerprint density at radius 3 is 2.95 bits per heavy atom. The van der Waals surface area contributed by atoms with Gasteiger partial charge in [-0.05, 0) is 25.0 Å². The number of hydrogen-bond acceptors (Lipinski definition) is 4. The molecular formula is C12H13ClN2O4. The summed E-state index contributed by atoms with van der Waals surface area (Å²) < 4.78 is 5.28. The first-order valence-corrected chi connectivity index (χ1v) is 6.22. The van der Waals surface area contributed by atoms with Gasteiger partial charge in [-0.25, -0.2) is 9.78 Å². The molecule has 1 saturated heterocycles. The Hall–Kier alpha value is -1.66. The van der Waals surface area contributed by atoms with Crippen molar-refractivity contribution in [1.82, 2.24) is 10.3 Å². The Kier molecular flexibility index (Phi) is 4.34. The second-order valence-electron chi connectivity index (χ2n) is 4.21. The number of aromatic nitrogens is 1. The molecule has 19 heavy (non-hydrogen) atoms. The van der Waals surface area contributed by atoms with Crippen LogP contribution in [0.4, 0.5) is 0 Å².